The molecule has 4 aromatic rings. The highest BCUT2D eigenvalue weighted by Gasteiger charge is 2.28. The van der Waals surface area contributed by atoms with Crippen LogP contribution in [0.5, 0.6) is 0 Å². The smallest absolute Gasteiger partial charge is 0.280 e. The molecule has 2 aromatic heterocycles. The van der Waals surface area contributed by atoms with Gasteiger partial charge in [0.2, 0.25) is 5.43 Å². The van der Waals surface area contributed by atoms with Gasteiger partial charge in [0.1, 0.15) is 0 Å². The molecule has 9 nitrogen and oxygen atoms in total. The summed E-state index contributed by atoms with van der Waals surface area (Å²) in [6.45, 7) is 1.77. The minimum absolute atomic E-state index is 0.178. The van der Waals surface area contributed by atoms with E-state index in [4.69, 9.17) is 0 Å². The van der Waals surface area contributed by atoms with Crippen molar-refractivity contribution in [3.8, 4) is 17.1 Å². The van der Waals surface area contributed by atoms with Gasteiger partial charge in [0.15, 0.2) is 11.5 Å². The van der Waals surface area contributed by atoms with Crippen LogP contribution in [0.25, 0.3) is 17.1 Å². The van der Waals surface area contributed by atoms with E-state index in [1.807, 2.05) is 42.5 Å². The maximum absolute atomic E-state index is 12.9. The molecule has 9 heteroatoms. The Morgan fingerprint density at radius 1 is 1.06 bits per heavy atom. The number of hydrogen-bond donors (Lipinski definition) is 1. The second-order valence-electron chi connectivity index (χ2n) is 7.46. The van der Waals surface area contributed by atoms with Gasteiger partial charge >= 0.3 is 0 Å². The Balaban J connectivity index is 1.44. The van der Waals surface area contributed by atoms with Gasteiger partial charge in [0.05, 0.1) is 11.7 Å². The van der Waals surface area contributed by atoms with Gasteiger partial charge in [-0.1, -0.05) is 30.3 Å². The molecule has 0 aliphatic heterocycles. The number of amides is 1. The van der Waals surface area contributed by atoms with Gasteiger partial charge in [0, 0.05) is 23.0 Å². The SMILES string of the molecule is Cc1cc(=O)c(C(=O)Nc2cccc(-c3nnnn3C3CC3)c2)nn1-c1ccccc1. The molecule has 31 heavy (non-hydrogen) atoms. The van der Waals surface area contributed by atoms with Crippen molar-refractivity contribution in [3.05, 3.63) is 82.3 Å². The van der Waals surface area contributed by atoms with E-state index in [1.54, 1.807) is 28.4 Å². The van der Waals surface area contributed by atoms with Gasteiger partial charge in [-0.05, 0) is 54.5 Å². The van der Waals surface area contributed by atoms with Gasteiger partial charge in [-0.2, -0.15) is 5.10 Å². The Morgan fingerprint density at radius 2 is 1.87 bits per heavy atom. The van der Waals surface area contributed by atoms with Crippen LogP contribution in [0.15, 0.2) is 65.5 Å². The zero-order valence-electron chi connectivity index (χ0n) is 16.8. The molecule has 2 aromatic carbocycles. The Hall–Kier alpha value is -4.14. The lowest BCUT2D eigenvalue weighted by Gasteiger charge is -2.11. The molecule has 1 saturated carbocycles. The number of carbonyl (C=O) groups excluding carboxylic acids is 1. The van der Waals surface area contributed by atoms with Crippen molar-refractivity contribution < 1.29 is 4.79 Å². The predicted molar refractivity (Wildman–Crippen MR) is 114 cm³/mol. The average Bonchev–Trinajstić information content (AvgIpc) is 3.50. The third-order valence-corrected chi connectivity index (χ3v) is 5.09. The summed E-state index contributed by atoms with van der Waals surface area (Å²) in [5, 5.41) is 19.0. The fraction of sp³-hybridized carbons (Fsp3) is 0.182. The van der Waals surface area contributed by atoms with E-state index in [-0.39, 0.29) is 5.69 Å². The maximum atomic E-state index is 12.9. The molecule has 0 spiro atoms. The second-order valence-corrected chi connectivity index (χ2v) is 7.46. The van der Waals surface area contributed by atoms with E-state index < -0.39 is 11.3 Å². The van der Waals surface area contributed by atoms with E-state index in [0.29, 0.717) is 23.2 Å². The molecule has 2 heterocycles. The fourth-order valence-corrected chi connectivity index (χ4v) is 3.41. The average molecular weight is 413 g/mol. The molecule has 0 atom stereocenters. The molecule has 5 rings (SSSR count). The molecule has 1 aliphatic rings. The highest BCUT2D eigenvalue weighted by atomic mass is 16.2. The molecule has 1 aliphatic carbocycles. The quantitative estimate of drug-likeness (QED) is 0.539. The van der Waals surface area contributed by atoms with E-state index in [2.05, 4.69) is 25.9 Å². The molecular formula is C22H19N7O2. The lowest BCUT2D eigenvalue weighted by molar-refractivity contribution is 0.101. The Labute approximate surface area is 177 Å². The Bertz CT molecular complexity index is 1320. The maximum Gasteiger partial charge on any atom is 0.280 e. The normalized spacial score (nSPS) is 13.2. The number of benzene rings is 2. The molecule has 0 bridgehead atoms. The number of carbonyl (C=O) groups is 1. The number of rotatable bonds is 5. The van der Waals surface area contributed by atoms with E-state index in [0.717, 1.165) is 24.1 Å². The van der Waals surface area contributed by atoms with Crippen LogP contribution in [0, 0.1) is 6.92 Å². The monoisotopic (exact) mass is 413 g/mol. The van der Waals surface area contributed by atoms with Crippen molar-refractivity contribution >= 4 is 11.6 Å². The van der Waals surface area contributed by atoms with Crippen LogP contribution in [-0.2, 0) is 0 Å². The number of anilines is 1. The lowest BCUT2D eigenvalue weighted by Crippen LogP contribution is -2.26. The molecule has 1 fully saturated rings. The van der Waals surface area contributed by atoms with Gasteiger partial charge in [-0.15, -0.1) is 5.10 Å². The van der Waals surface area contributed by atoms with Crippen molar-refractivity contribution in [1.29, 1.82) is 0 Å². The highest BCUT2D eigenvalue weighted by Crippen LogP contribution is 2.36. The summed E-state index contributed by atoms with van der Waals surface area (Å²) in [4.78, 5) is 25.3. The first kappa shape index (κ1) is 18.9. The van der Waals surface area contributed by atoms with E-state index >= 15 is 0 Å². The number of tetrazole rings is 1. The number of aromatic nitrogens is 6. The first-order valence-corrected chi connectivity index (χ1v) is 9.96. The summed E-state index contributed by atoms with van der Waals surface area (Å²) in [6.07, 6.45) is 2.11. The first-order chi connectivity index (χ1) is 15.1. The minimum Gasteiger partial charge on any atom is -0.320 e. The van der Waals surface area contributed by atoms with Crippen LogP contribution in [-0.4, -0.2) is 35.9 Å². The van der Waals surface area contributed by atoms with Crippen molar-refractivity contribution in [1.82, 2.24) is 30.0 Å². The molecule has 0 saturated heterocycles. The molecular weight excluding hydrogens is 394 g/mol. The summed E-state index contributed by atoms with van der Waals surface area (Å²) in [7, 11) is 0. The zero-order chi connectivity index (χ0) is 21.4. The summed E-state index contributed by atoms with van der Waals surface area (Å²) in [5.41, 5.74) is 2.11. The predicted octanol–water partition coefficient (Wildman–Crippen LogP) is 2.78. The van der Waals surface area contributed by atoms with Crippen molar-refractivity contribution in [2.45, 2.75) is 25.8 Å². The number of nitrogens with zero attached hydrogens (tertiary/aromatic N) is 6. The van der Waals surface area contributed by atoms with Crippen molar-refractivity contribution in [2.75, 3.05) is 5.32 Å². The van der Waals surface area contributed by atoms with Gasteiger partial charge in [-0.25, -0.2) is 9.36 Å². The van der Waals surface area contributed by atoms with E-state index in [9.17, 15) is 9.59 Å². The summed E-state index contributed by atoms with van der Waals surface area (Å²) in [6, 6.07) is 18.3. The van der Waals surface area contributed by atoms with Crippen LogP contribution in [0.3, 0.4) is 0 Å². The Kier molecular flexibility index (Phi) is 4.62. The third kappa shape index (κ3) is 3.73. The Morgan fingerprint density at radius 3 is 2.65 bits per heavy atom. The molecule has 0 unspecified atom stereocenters. The highest BCUT2D eigenvalue weighted by molar-refractivity contribution is 6.03. The number of hydrogen-bond acceptors (Lipinski definition) is 6. The lowest BCUT2D eigenvalue weighted by atomic mass is 10.2. The van der Waals surface area contributed by atoms with Crippen LogP contribution >= 0.6 is 0 Å². The standard InChI is InChI=1S/C22H19N7O2/c1-14-12-19(30)20(25-28(14)17-8-3-2-4-9-17)22(31)23-16-7-5-6-15(13-16)21-24-26-27-29(21)18-10-11-18/h2-9,12-13,18H,10-11H2,1H3,(H,23,31). The summed E-state index contributed by atoms with van der Waals surface area (Å²) >= 11 is 0. The largest absolute Gasteiger partial charge is 0.320 e. The third-order valence-electron chi connectivity index (χ3n) is 5.09. The van der Waals surface area contributed by atoms with Crippen molar-refractivity contribution in [3.63, 3.8) is 0 Å². The van der Waals surface area contributed by atoms with Crippen LogP contribution < -0.4 is 10.7 Å². The topological polar surface area (TPSA) is 108 Å². The van der Waals surface area contributed by atoms with E-state index in [1.165, 1.54) is 6.07 Å². The summed E-state index contributed by atoms with van der Waals surface area (Å²) < 4.78 is 3.39. The van der Waals surface area contributed by atoms with Crippen LogP contribution in [0.2, 0.25) is 0 Å². The number of aryl methyl sites for hydroxylation is 1. The van der Waals surface area contributed by atoms with Gasteiger partial charge in [-0.3, -0.25) is 9.59 Å². The van der Waals surface area contributed by atoms with Crippen molar-refractivity contribution in [2.24, 2.45) is 0 Å². The molecule has 1 N–H and O–H groups in total. The second kappa shape index (κ2) is 7.60. The first-order valence-electron chi connectivity index (χ1n) is 9.96. The molecule has 154 valence electrons. The fourth-order valence-electron chi connectivity index (χ4n) is 3.41. The molecule has 0 radical (unpaired) electrons. The van der Waals surface area contributed by atoms with Gasteiger partial charge < -0.3 is 5.32 Å². The molecule has 1 amide bonds. The minimum atomic E-state index is -0.575. The summed E-state index contributed by atoms with van der Waals surface area (Å²) in [5.74, 6) is 0.0760. The van der Waals surface area contributed by atoms with Crippen LogP contribution in [0.4, 0.5) is 5.69 Å². The zero-order valence-corrected chi connectivity index (χ0v) is 16.8. The number of nitrogens with one attached hydrogen (secondary N) is 1. The van der Waals surface area contributed by atoms with Crippen LogP contribution in [0.1, 0.15) is 35.1 Å². The van der Waals surface area contributed by atoms with Gasteiger partial charge in [0.25, 0.3) is 5.91 Å². The number of para-hydroxylation sites is 1.